The van der Waals surface area contributed by atoms with Crippen molar-refractivity contribution in [1.82, 2.24) is 0 Å². The number of para-hydroxylation sites is 2. The molecule has 0 amide bonds. The van der Waals surface area contributed by atoms with Crippen molar-refractivity contribution in [3.05, 3.63) is 58.6 Å². The number of nitrogens with one attached hydrogen (secondary N) is 2. The maximum atomic E-state index is 10.8. The molecule has 6 nitrogen and oxygen atoms in total. The molecule has 114 valence electrons. The zero-order valence-electron chi connectivity index (χ0n) is 11.9. The standard InChI is InChI=1S/C15H15N3O3S/c1-2-21-14-9-4-3-8-13(14)17-15(22)16-11-6-5-7-12(10-11)18(19)20/h3-10H,2H2,1H3,(H2,16,17,22). The molecule has 0 radical (unpaired) electrons. The molecule has 0 aliphatic carbocycles. The summed E-state index contributed by atoms with van der Waals surface area (Å²) in [6.45, 7) is 2.44. The Labute approximate surface area is 133 Å². The first-order chi connectivity index (χ1) is 10.6. The summed E-state index contributed by atoms with van der Waals surface area (Å²) in [6.07, 6.45) is 0. The summed E-state index contributed by atoms with van der Waals surface area (Å²) in [4.78, 5) is 10.3. The van der Waals surface area contributed by atoms with Gasteiger partial charge < -0.3 is 15.4 Å². The zero-order valence-corrected chi connectivity index (χ0v) is 12.7. The molecule has 7 heteroatoms. The Hall–Kier alpha value is -2.67. The van der Waals surface area contributed by atoms with E-state index in [9.17, 15) is 10.1 Å². The van der Waals surface area contributed by atoms with Gasteiger partial charge in [0.15, 0.2) is 5.11 Å². The van der Waals surface area contributed by atoms with Gasteiger partial charge in [-0.1, -0.05) is 18.2 Å². The highest BCUT2D eigenvalue weighted by molar-refractivity contribution is 7.80. The van der Waals surface area contributed by atoms with Crippen LogP contribution in [-0.4, -0.2) is 16.6 Å². The number of benzene rings is 2. The van der Waals surface area contributed by atoms with Crippen LogP contribution in [0.15, 0.2) is 48.5 Å². The summed E-state index contributed by atoms with van der Waals surface area (Å²) in [5, 5.41) is 17.0. The van der Waals surface area contributed by atoms with Crippen LogP contribution in [-0.2, 0) is 0 Å². The Morgan fingerprint density at radius 1 is 1.23 bits per heavy atom. The second-order valence-electron chi connectivity index (χ2n) is 4.32. The van der Waals surface area contributed by atoms with Gasteiger partial charge in [-0.3, -0.25) is 10.1 Å². The minimum atomic E-state index is -0.452. The molecule has 0 atom stereocenters. The van der Waals surface area contributed by atoms with Crippen LogP contribution >= 0.6 is 12.2 Å². The molecule has 2 N–H and O–H groups in total. The lowest BCUT2D eigenvalue weighted by Gasteiger charge is -2.14. The van der Waals surface area contributed by atoms with Crippen LogP contribution in [0.5, 0.6) is 5.75 Å². The molecule has 0 spiro atoms. The molecule has 2 aromatic rings. The van der Waals surface area contributed by atoms with E-state index in [-0.39, 0.29) is 5.69 Å². The Morgan fingerprint density at radius 3 is 2.73 bits per heavy atom. The quantitative estimate of drug-likeness (QED) is 0.496. The van der Waals surface area contributed by atoms with Crippen molar-refractivity contribution in [2.75, 3.05) is 17.2 Å². The number of hydrogen-bond donors (Lipinski definition) is 2. The van der Waals surface area contributed by atoms with Gasteiger partial charge in [-0.05, 0) is 37.3 Å². The van der Waals surface area contributed by atoms with Crippen molar-refractivity contribution in [3.8, 4) is 5.75 Å². The van der Waals surface area contributed by atoms with Gasteiger partial charge in [0.1, 0.15) is 5.75 Å². The van der Waals surface area contributed by atoms with Gasteiger partial charge >= 0.3 is 0 Å². The van der Waals surface area contributed by atoms with Gasteiger partial charge in [-0.2, -0.15) is 0 Å². The fourth-order valence-corrected chi connectivity index (χ4v) is 2.06. The molecule has 0 saturated heterocycles. The van der Waals surface area contributed by atoms with Crippen molar-refractivity contribution in [1.29, 1.82) is 0 Å². The van der Waals surface area contributed by atoms with Gasteiger partial charge in [-0.15, -0.1) is 0 Å². The number of nitro benzene ring substituents is 1. The monoisotopic (exact) mass is 317 g/mol. The van der Waals surface area contributed by atoms with Crippen molar-refractivity contribution in [3.63, 3.8) is 0 Å². The molecular weight excluding hydrogens is 302 g/mol. The molecule has 0 saturated carbocycles. The molecular formula is C15H15N3O3S. The molecule has 0 unspecified atom stereocenters. The summed E-state index contributed by atoms with van der Waals surface area (Å²) in [5.41, 5.74) is 1.27. The van der Waals surface area contributed by atoms with Crippen LogP contribution in [0.3, 0.4) is 0 Å². The lowest BCUT2D eigenvalue weighted by atomic mass is 10.3. The van der Waals surface area contributed by atoms with Crippen molar-refractivity contribution >= 4 is 34.4 Å². The molecule has 0 fully saturated rings. The number of thiocarbonyl (C=S) groups is 1. The Bertz CT molecular complexity index is 691. The molecule has 0 bridgehead atoms. The van der Waals surface area contributed by atoms with Crippen LogP contribution in [0.4, 0.5) is 17.1 Å². The van der Waals surface area contributed by atoms with Crippen molar-refractivity contribution in [2.24, 2.45) is 0 Å². The van der Waals surface area contributed by atoms with E-state index in [1.165, 1.54) is 12.1 Å². The average Bonchev–Trinajstić information content (AvgIpc) is 2.49. The van der Waals surface area contributed by atoms with Crippen molar-refractivity contribution < 1.29 is 9.66 Å². The van der Waals surface area contributed by atoms with E-state index in [1.807, 2.05) is 31.2 Å². The number of nitro groups is 1. The first-order valence-corrected chi connectivity index (χ1v) is 7.05. The third-order valence-electron chi connectivity index (χ3n) is 2.75. The third kappa shape index (κ3) is 4.16. The van der Waals surface area contributed by atoms with Crippen LogP contribution in [0.25, 0.3) is 0 Å². The van der Waals surface area contributed by atoms with E-state index in [1.54, 1.807) is 12.1 Å². The number of anilines is 2. The third-order valence-corrected chi connectivity index (χ3v) is 2.95. The first kappa shape index (κ1) is 15.7. The topological polar surface area (TPSA) is 76.4 Å². The van der Waals surface area contributed by atoms with E-state index >= 15 is 0 Å². The van der Waals surface area contributed by atoms with E-state index in [2.05, 4.69) is 10.6 Å². The second kappa shape index (κ2) is 7.37. The summed E-state index contributed by atoms with van der Waals surface area (Å²) >= 11 is 5.22. The average molecular weight is 317 g/mol. The van der Waals surface area contributed by atoms with E-state index in [4.69, 9.17) is 17.0 Å². The summed E-state index contributed by atoms with van der Waals surface area (Å²) in [6, 6.07) is 13.5. The molecule has 2 aromatic carbocycles. The van der Waals surface area contributed by atoms with Gasteiger partial charge in [0.25, 0.3) is 5.69 Å². The maximum Gasteiger partial charge on any atom is 0.271 e. The van der Waals surface area contributed by atoms with Crippen LogP contribution in [0.2, 0.25) is 0 Å². The fraction of sp³-hybridized carbons (Fsp3) is 0.133. The number of nitrogens with zero attached hydrogens (tertiary/aromatic N) is 1. The molecule has 0 heterocycles. The van der Waals surface area contributed by atoms with Gasteiger partial charge in [0.05, 0.1) is 17.2 Å². The lowest BCUT2D eigenvalue weighted by Crippen LogP contribution is -2.19. The largest absolute Gasteiger partial charge is 0.492 e. The summed E-state index contributed by atoms with van der Waals surface area (Å²) < 4.78 is 5.50. The van der Waals surface area contributed by atoms with E-state index in [0.717, 1.165) is 5.69 Å². The van der Waals surface area contributed by atoms with Gasteiger partial charge in [0, 0.05) is 17.8 Å². The highest BCUT2D eigenvalue weighted by Gasteiger charge is 2.08. The smallest absolute Gasteiger partial charge is 0.271 e. The summed E-state index contributed by atoms with van der Waals surface area (Å²) in [5.74, 6) is 0.688. The highest BCUT2D eigenvalue weighted by Crippen LogP contribution is 2.24. The minimum Gasteiger partial charge on any atom is -0.492 e. The summed E-state index contributed by atoms with van der Waals surface area (Å²) in [7, 11) is 0. The zero-order chi connectivity index (χ0) is 15.9. The molecule has 2 rings (SSSR count). The second-order valence-corrected chi connectivity index (χ2v) is 4.72. The minimum absolute atomic E-state index is 0.00233. The fourth-order valence-electron chi connectivity index (χ4n) is 1.83. The predicted octanol–water partition coefficient (Wildman–Crippen LogP) is 3.80. The van der Waals surface area contributed by atoms with E-state index in [0.29, 0.717) is 23.2 Å². The first-order valence-electron chi connectivity index (χ1n) is 6.64. The molecule has 22 heavy (non-hydrogen) atoms. The maximum absolute atomic E-state index is 10.8. The van der Waals surface area contributed by atoms with Crippen LogP contribution in [0.1, 0.15) is 6.92 Å². The van der Waals surface area contributed by atoms with E-state index < -0.39 is 4.92 Å². The number of non-ortho nitro benzene ring substituents is 1. The SMILES string of the molecule is CCOc1ccccc1NC(=S)Nc1cccc([N+](=O)[O-])c1. The van der Waals surface area contributed by atoms with Gasteiger partial charge in [0.2, 0.25) is 0 Å². The van der Waals surface area contributed by atoms with Gasteiger partial charge in [-0.25, -0.2) is 0 Å². The molecule has 0 aliphatic rings. The van der Waals surface area contributed by atoms with Crippen LogP contribution < -0.4 is 15.4 Å². The van der Waals surface area contributed by atoms with Crippen LogP contribution in [0, 0.1) is 10.1 Å². The lowest BCUT2D eigenvalue weighted by molar-refractivity contribution is -0.384. The predicted molar refractivity (Wildman–Crippen MR) is 90.6 cm³/mol. The Kier molecular flexibility index (Phi) is 5.26. The Morgan fingerprint density at radius 2 is 2.00 bits per heavy atom. The highest BCUT2D eigenvalue weighted by atomic mass is 32.1. The van der Waals surface area contributed by atoms with Crippen molar-refractivity contribution in [2.45, 2.75) is 6.92 Å². The molecule has 0 aliphatic heterocycles. The molecule has 0 aromatic heterocycles. The number of rotatable bonds is 5. The normalized spacial score (nSPS) is 9.86. The number of hydrogen-bond acceptors (Lipinski definition) is 4. The number of ether oxygens (including phenoxy) is 1. The Balaban J connectivity index is 2.07.